The Balaban J connectivity index is 1.51. The SMILES string of the molecule is COc1ccc(/C=N/NC(=O)c2ccc(CNc3ccccc3)o2)cc1. The molecule has 0 atom stereocenters. The number of amides is 1. The molecule has 1 amide bonds. The molecule has 1 aromatic heterocycles. The van der Waals surface area contributed by atoms with Crippen molar-refractivity contribution in [3.63, 3.8) is 0 Å². The smallest absolute Gasteiger partial charge is 0.307 e. The number of nitrogens with one attached hydrogen (secondary N) is 2. The van der Waals surface area contributed by atoms with Crippen LogP contribution in [0.15, 0.2) is 76.2 Å². The Morgan fingerprint density at radius 3 is 2.58 bits per heavy atom. The fourth-order valence-electron chi connectivity index (χ4n) is 2.25. The maximum Gasteiger partial charge on any atom is 0.307 e. The van der Waals surface area contributed by atoms with Crippen LogP contribution in [-0.4, -0.2) is 19.2 Å². The van der Waals surface area contributed by atoms with E-state index in [9.17, 15) is 4.79 Å². The number of para-hydroxylation sites is 1. The molecule has 0 fully saturated rings. The molecular formula is C20H19N3O3. The number of carbonyl (C=O) groups is 1. The average Bonchev–Trinajstić information content (AvgIpc) is 3.17. The van der Waals surface area contributed by atoms with E-state index in [-0.39, 0.29) is 5.76 Å². The molecule has 2 N–H and O–H groups in total. The summed E-state index contributed by atoms with van der Waals surface area (Å²) in [5, 5.41) is 7.16. The van der Waals surface area contributed by atoms with Crippen molar-refractivity contribution in [3.8, 4) is 5.75 Å². The van der Waals surface area contributed by atoms with Crippen molar-refractivity contribution in [1.29, 1.82) is 0 Å². The molecule has 0 saturated heterocycles. The first-order valence-electron chi connectivity index (χ1n) is 8.10. The van der Waals surface area contributed by atoms with Crippen LogP contribution < -0.4 is 15.5 Å². The summed E-state index contributed by atoms with van der Waals surface area (Å²) in [4.78, 5) is 12.1. The lowest BCUT2D eigenvalue weighted by Gasteiger charge is -2.03. The highest BCUT2D eigenvalue weighted by atomic mass is 16.5. The van der Waals surface area contributed by atoms with Gasteiger partial charge in [-0.25, -0.2) is 5.43 Å². The third kappa shape index (κ3) is 4.73. The first-order valence-corrected chi connectivity index (χ1v) is 8.10. The molecule has 0 aliphatic rings. The van der Waals surface area contributed by atoms with Crippen molar-refractivity contribution in [2.24, 2.45) is 5.10 Å². The fraction of sp³-hybridized carbons (Fsp3) is 0.100. The van der Waals surface area contributed by atoms with E-state index in [2.05, 4.69) is 15.8 Å². The van der Waals surface area contributed by atoms with E-state index in [1.165, 1.54) is 0 Å². The predicted molar refractivity (Wildman–Crippen MR) is 101 cm³/mol. The van der Waals surface area contributed by atoms with Gasteiger partial charge < -0.3 is 14.5 Å². The lowest BCUT2D eigenvalue weighted by molar-refractivity contribution is 0.0926. The molecule has 6 nitrogen and oxygen atoms in total. The van der Waals surface area contributed by atoms with Gasteiger partial charge in [0.15, 0.2) is 5.76 Å². The lowest BCUT2D eigenvalue weighted by Crippen LogP contribution is -2.16. The van der Waals surface area contributed by atoms with Crippen molar-refractivity contribution in [1.82, 2.24) is 5.43 Å². The molecule has 6 heteroatoms. The summed E-state index contributed by atoms with van der Waals surface area (Å²) in [5.74, 6) is 1.24. The van der Waals surface area contributed by atoms with E-state index in [0.717, 1.165) is 17.0 Å². The van der Waals surface area contributed by atoms with Gasteiger partial charge in [-0.05, 0) is 54.1 Å². The van der Waals surface area contributed by atoms with Crippen LogP contribution in [-0.2, 0) is 6.54 Å². The number of hydrogen-bond donors (Lipinski definition) is 2. The molecule has 2 aromatic carbocycles. The third-order valence-corrected chi connectivity index (χ3v) is 3.62. The van der Waals surface area contributed by atoms with Gasteiger partial charge in [0.05, 0.1) is 19.9 Å². The summed E-state index contributed by atoms with van der Waals surface area (Å²) < 4.78 is 10.6. The van der Waals surface area contributed by atoms with E-state index in [1.807, 2.05) is 54.6 Å². The van der Waals surface area contributed by atoms with Crippen molar-refractivity contribution in [3.05, 3.63) is 83.8 Å². The van der Waals surface area contributed by atoms with Gasteiger partial charge >= 0.3 is 5.91 Å². The van der Waals surface area contributed by atoms with Crippen molar-refractivity contribution in [2.75, 3.05) is 12.4 Å². The summed E-state index contributed by atoms with van der Waals surface area (Å²) >= 11 is 0. The maximum absolute atomic E-state index is 12.1. The highest BCUT2D eigenvalue weighted by Gasteiger charge is 2.10. The quantitative estimate of drug-likeness (QED) is 0.504. The molecule has 0 radical (unpaired) electrons. The Labute approximate surface area is 151 Å². The second-order valence-corrected chi connectivity index (χ2v) is 5.46. The van der Waals surface area contributed by atoms with Gasteiger partial charge in [0, 0.05) is 5.69 Å². The Morgan fingerprint density at radius 1 is 1.08 bits per heavy atom. The van der Waals surface area contributed by atoms with E-state index < -0.39 is 5.91 Å². The van der Waals surface area contributed by atoms with Gasteiger partial charge in [-0.15, -0.1) is 0 Å². The van der Waals surface area contributed by atoms with Crippen molar-refractivity contribution < 1.29 is 13.9 Å². The van der Waals surface area contributed by atoms with Crippen LogP contribution in [0.2, 0.25) is 0 Å². The minimum absolute atomic E-state index is 0.210. The first-order chi connectivity index (χ1) is 12.7. The topological polar surface area (TPSA) is 75.9 Å². The molecule has 0 aliphatic carbocycles. The minimum Gasteiger partial charge on any atom is -0.497 e. The van der Waals surface area contributed by atoms with Gasteiger partial charge in [-0.3, -0.25) is 4.79 Å². The van der Waals surface area contributed by atoms with E-state index in [1.54, 1.807) is 25.5 Å². The van der Waals surface area contributed by atoms with Crippen LogP contribution in [0.3, 0.4) is 0 Å². The Morgan fingerprint density at radius 2 is 1.85 bits per heavy atom. The van der Waals surface area contributed by atoms with Crippen LogP contribution >= 0.6 is 0 Å². The Bertz CT molecular complexity index is 871. The number of hydrazone groups is 1. The molecule has 3 aromatic rings. The van der Waals surface area contributed by atoms with Crippen molar-refractivity contribution in [2.45, 2.75) is 6.54 Å². The Kier molecular flexibility index (Phi) is 5.67. The molecule has 0 spiro atoms. The summed E-state index contributed by atoms with van der Waals surface area (Å²) in [7, 11) is 1.61. The third-order valence-electron chi connectivity index (χ3n) is 3.62. The van der Waals surface area contributed by atoms with Gasteiger partial charge in [-0.1, -0.05) is 18.2 Å². The molecule has 0 aliphatic heterocycles. The molecule has 0 bridgehead atoms. The maximum atomic E-state index is 12.1. The Hall–Kier alpha value is -3.54. The molecule has 26 heavy (non-hydrogen) atoms. The van der Waals surface area contributed by atoms with Crippen LogP contribution in [0.25, 0.3) is 0 Å². The average molecular weight is 349 g/mol. The van der Waals surface area contributed by atoms with Crippen LogP contribution in [0.1, 0.15) is 21.9 Å². The molecule has 0 unspecified atom stereocenters. The highest BCUT2D eigenvalue weighted by molar-refractivity contribution is 5.92. The van der Waals surface area contributed by atoms with Gasteiger partial charge in [-0.2, -0.15) is 5.10 Å². The number of ether oxygens (including phenoxy) is 1. The van der Waals surface area contributed by atoms with Gasteiger partial charge in [0.2, 0.25) is 0 Å². The summed E-state index contributed by atoms with van der Waals surface area (Å²) in [6, 6.07) is 20.5. The summed E-state index contributed by atoms with van der Waals surface area (Å²) in [5.41, 5.74) is 4.28. The predicted octanol–water partition coefficient (Wildman–Crippen LogP) is 3.66. The highest BCUT2D eigenvalue weighted by Crippen LogP contribution is 2.12. The number of furan rings is 1. The molecule has 3 rings (SSSR count). The zero-order valence-corrected chi connectivity index (χ0v) is 14.3. The summed E-state index contributed by atoms with van der Waals surface area (Å²) in [6.07, 6.45) is 1.55. The summed E-state index contributed by atoms with van der Waals surface area (Å²) in [6.45, 7) is 0.492. The van der Waals surface area contributed by atoms with E-state index >= 15 is 0 Å². The first kappa shape index (κ1) is 17.3. The fourth-order valence-corrected chi connectivity index (χ4v) is 2.25. The number of benzene rings is 2. The molecule has 1 heterocycles. The van der Waals surface area contributed by atoms with Crippen LogP contribution in [0.4, 0.5) is 5.69 Å². The van der Waals surface area contributed by atoms with Crippen LogP contribution in [0.5, 0.6) is 5.75 Å². The van der Waals surface area contributed by atoms with Gasteiger partial charge in [0.1, 0.15) is 11.5 Å². The van der Waals surface area contributed by atoms with Crippen LogP contribution in [0, 0.1) is 0 Å². The monoisotopic (exact) mass is 349 g/mol. The number of methoxy groups -OCH3 is 1. The number of anilines is 1. The van der Waals surface area contributed by atoms with E-state index in [4.69, 9.17) is 9.15 Å². The zero-order valence-electron chi connectivity index (χ0n) is 14.3. The largest absolute Gasteiger partial charge is 0.497 e. The lowest BCUT2D eigenvalue weighted by atomic mass is 10.2. The number of carbonyl (C=O) groups excluding carboxylic acids is 1. The normalized spacial score (nSPS) is 10.7. The number of hydrogen-bond acceptors (Lipinski definition) is 5. The minimum atomic E-state index is -0.402. The molecule has 0 saturated carbocycles. The second-order valence-electron chi connectivity index (χ2n) is 5.46. The molecular weight excluding hydrogens is 330 g/mol. The molecule has 132 valence electrons. The number of rotatable bonds is 7. The van der Waals surface area contributed by atoms with E-state index in [0.29, 0.717) is 12.3 Å². The zero-order chi connectivity index (χ0) is 18.2. The van der Waals surface area contributed by atoms with Gasteiger partial charge in [0.25, 0.3) is 0 Å². The second kappa shape index (κ2) is 8.53. The van der Waals surface area contributed by atoms with Crippen molar-refractivity contribution >= 4 is 17.8 Å². The standard InChI is InChI=1S/C20H19N3O3/c1-25-17-9-7-15(8-10-17)13-22-23-20(24)19-12-11-18(26-19)14-21-16-5-3-2-4-6-16/h2-13,21H,14H2,1H3,(H,23,24)/b22-13+. The number of nitrogens with zero attached hydrogens (tertiary/aromatic N) is 1.